The molecule has 0 unspecified atom stereocenters. The number of hydrogen-bond acceptors (Lipinski definition) is 7. The maximum absolute atomic E-state index is 12.9. The Labute approximate surface area is 171 Å². The SMILES string of the molecule is O=S(=O)(c1ccc(Cl)c(Cl)c1)N1CCN(c2cc(-n3cncn3)ncn2)CC1. The second kappa shape index (κ2) is 7.63. The predicted octanol–water partition coefficient (Wildman–Crippen LogP) is 1.87. The lowest BCUT2D eigenvalue weighted by molar-refractivity contribution is 0.383. The van der Waals surface area contributed by atoms with Crippen LogP contribution in [0.2, 0.25) is 10.0 Å². The van der Waals surface area contributed by atoms with Crippen molar-refractivity contribution in [2.24, 2.45) is 0 Å². The zero-order valence-electron chi connectivity index (χ0n) is 14.5. The summed E-state index contributed by atoms with van der Waals surface area (Å²) in [6.07, 6.45) is 4.42. The molecule has 0 aliphatic carbocycles. The summed E-state index contributed by atoms with van der Waals surface area (Å²) in [6, 6.07) is 6.11. The molecule has 0 amide bonds. The molecule has 1 aliphatic rings. The molecule has 1 aliphatic heterocycles. The lowest BCUT2D eigenvalue weighted by Gasteiger charge is -2.34. The molecule has 0 atom stereocenters. The molecule has 4 rings (SSSR count). The van der Waals surface area contributed by atoms with E-state index in [0.717, 1.165) is 0 Å². The van der Waals surface area contributed by atoms with Crippen LogP contribution in [0.15, 0.2) is 48.1 Å². The van der Waals surface area contributed by atoms with Crippen LogP contribution in [0.3, 0.4) is 0 Å². The smallest absolute Gasteiger partial charge is 0.243 e. The number of nitrogens with zero attached hydrogens (tertiary/aromatic N) is 7. The van der Waals surface area contributed by atoms with Gasteiger partial charge in [-0.2, -0.15) is 9.40 Å². The van der Waals surface area contributed by atoms with Crippen molar-refractivity contribution in [3.63, 3.8) is 0 Å². The van der Waals surface area contributed by atoms with Crippen LogP contribution in [0, 0.1) is 0 Å². The quantitative estimate of drug-likeness (QED) is 0.611. The molecule has 28 heavy (non-hydrogen) atoms. The molecular weight excluding hydrogens is 425 g/mol. The van der Waals surface area contributed by atoms with Crippen LogP contribution in [0.5, 0.6) is 0 Å². The largest absolute Gasteiger partial charge is 0.354 e. The summed E-state index contributed by atoms with van der Waals surface area (Å²) in [6.45, 7) is 1.64. The van der Waals surface area contributed by atoms with E-state index in [1.165, 1.54) is 39.8 Å². The van der Waals surface area contributed by atoms with E-state index >= 15 is 0 Å². The maximum Gasteiger partial charge on any atom is 0.243 e. The Balaban J connectivity index is 1.49. The minimum absolute atomic E-state index is 0.130. The number of anilines is 1. The second-order valence-corrected chi connectivity index (χ2v) is 8.79. The van der Waals surface area contributed by atoms with E-state index < -0.39 is 10.0 Å². The lowest BCUT2D eigenvalue weighted by Crippen LogP contribution is -2.49. The van der Waals surface area contributed by atoms with Crippen LogP contribution in [-0.2, 0) is 10.0 Å². The molecule has 146 valence electrons. The highest BCUT2D eigenvalue weighted by Crippen LogP contribution is 2.27. The first-order valence-electron chi connectivity index (χ1n) is 8.32. The van der Waals surface area contributed by atoms with Crippen molar-refractivity contribution >= 4 is 39.0 Å². The molecule has 2 aromatic heterocycles. The van der Waals surface area contributed by atoms with Gasteiger partial charge in [0.2, 0.25) is 10.0 Å². The van der Waals surface area contributed by atoms with Crippen LogP contribution in [0.1, 0.15) is 0 Å². The highest BCUT2D eigenvalue weighted by atomic mass is 35.5. The van der Waals surface area contributed by atoms with Gasteiger partial charge in [-0.15, -0.1) is 0 Å². The highest BCUT2D eigenvalue weighted by molar-refractivity contribution is 7.89. The van der Waals surface area contributed by atoms with Crippen molar-refractivity contribution in [2.45, 2.75) is 4.90 Å². The van der Waals surface area contributed by atoms with Gasteiger partial charge in [-0.05, 0) is 18.2 Å². The highest BCUT2D eigenvalue weighted by Gasteiger charge is 2.29. The molecule has 3 aromatic rings. The van der Waals surface area contributed by atoms with Crippen molar-refractivity contribution in [1.29, 1.82) is 0 Å². The van der Waals surface area contributed by atoms with E-state index in [-0.39, 0.29) is 9.92 Å². The first kappa shape index (κ1) is 19.1. The van der Waals surface area contributed by atoms with Gasteiger partial charge in [-0.25, -0.2) is 28.1 Å². The number of benzene rings is 1. The third kappa shape index (κ3) is 3.68. The van der Waals surface area contributed by atoms with Crippen molar-refractivity contribution in [3.05, 3.63) is 53.3 Å². The van der Waals surface area contributed by atoms with Gasteiger partial charge in [0.15, 0.2) is 5.82 Å². The number of aromatic nitrogens is 5. The fraction of sp³-hybridized carbons (Fsp3) is 0.250. The van der Waals surface area contributed by atoms with E-state index in [0.29, 0.717) is 42.8 Å². The summed E-state index contributed by atoms with van der Waals surface area (Å²) in [7, 11) is -3.64. The normalized spacial score (nSPS) is 15.7. The average molecular weight is 440 g/mol. The summed E-state index contributed by atoms with van der Waals surface area (Å²) >= 11 is 11.9. The second-order valence-electron chi connectivity index (χ2n) is 6.04. The summed E-state index contributed by atoms with van der Waals surface area (Å²) < 4.78 is 28.7. The lowest BCUT2D eigenvalue weighted by atomic mass is 10.3. The zero-order valence-corrected chi connectivity index (χ0v) is 16.8. The summed E-state index contributed by atoms with van der Waals surface area (Å²) in [5, 5.41) is 4.58. The van der Waals surface area contributed by atoms with E-state index in [9.17, 15) is 8.42 Å². The maximum atomic E-state index is 12.9. The molecule has 1 saturated heterocycles. The third-order valence-corrected chi connectivity index (χ3v) is 7.02. The van der Waals surface area contributed by atoms with Crippen LogP contribution >= 0.6 is 23.2 Å². The first-order chi connectivity index (χ1) is 13.4. The minimum Gasteiger partial charge on any atom is -0.354 e. The van der Waals surface area contributed by atoms with Gasteiger partial charge in [0.05, 0.1) is 14.9 Å². The number of rotatable bonds is 4. The molecule has 1 fully saturated rings. The van der Waals surface area contributed by atoms with Crippen molar-refractivity contribution in [1.82, 2.24) is 29.0 Å². The Bertz CT molecular complexity index is 1080. The van der Waals surface area contributed by atoms with Crippen molar-refractivity contribution in [3.8, 4) is 5.82 Å². The zero-order chi connectivity index (χ0) is 19.7. The molecule has 0 spiro atoms. The standard InChI is InChI=1S/C16H15Cl2N7O2S/c17-13-2-1-12(7-14(13)18)28(26,27)24-5-3-23(4-6-24)15-8-16(21-10-20-15)25-11-19-9-22-25/h1-2,7-11H,3-6H2. The van der Waals surface area contributed by atoms with E-state index in [4.69, 9.17) is 23.2 Å². The van der Waals surface area contributed by atoms with Crippen LogP contribution < -0.4 is 4.90 Å². The topological polar surface area (TPSA) is 97.1 Å². The molecule has 12 heteroatoms. The Morgan fingerprint density at radius 1 is 0.893 bits per heavy atom. The summed E-state index contributed by atoms with van der Waals surface area (Å²) in [5.41, 5.74) is 0. The van der Waals surface area contributed by atoms with Gasteiger partial charge in [-0.3, -0.25) is 0 Å². The van der Waals surface area contributed by atoms with E-state index in [1.807, 2.05) is 4.90 Å². The van der Waals surface area contributed by atoms with Gasteiger partial charge in [0, 0.05) is 32.2 Å². The van der Waals surface area contributed by atoms with E-state index in [1.54, 1.807) is 12.4 Å². The van der Waals surface area contributed by atoms with Gasteiger partial charge < -0.3 is 4.90 Å². The Hall–Kier alpha value is -2.27. The molecule has 3 heterocycles. The van der Waals surface area contributed by atoms with Crippen molar-refractivity contribution in [2.75, 3.05) is 31.1 Å². The minimum atomic E-state index is -3.64. The monoisotopic (exact) mass is 439 g/mol. The third-order valence-electron chi connectivity index (χ3n) is 4.38. The predicted molar refractivity (Wildman–Crippen MR) is 104 cm³/mol. The van der Waals surface area contributed by atoms with Gasteiger partial charge >= 0.3 is 0 Å². The molecule has 0 radical (unpaired) electrons. The van der Waals surface area contributed by atoms with Gasteiger partial charge in [0.25, 0.3) is 0 Å². The van der Waals surface area contributed by atoms with Crippen LogP contribution in [-0.4, -0.2) is 63.6 Å². The average Bonchev–Trinajstić information content (AvgIpc) is 3.25. The number of hydrogen-bond donors (Lipinski definition) is 0. The molecule has 9 nitrogen and oxygen atoms in total. The van der Waals surface area contributed by atoms with Crippen LogP contribution in [0.25, 0.3) is 5.82 Å². The number of halogens is 2. The molecule has 1 aromatic carbocycles. The molecular formula is C16H15Cl2N7O2S. The molecule has 0 saturated carbocycles. The first-order valence-corrected chi connectivity index (χ1v) is 10.5. The van der Waals surface area contributed by atoms with Gasteiger partial charge in [-0.1, -0.05) is 23.2 Å². The number of piperazine rings is 1. The Morgan fingerprint density at radius 2 is 1.64 bits per heavy atom. The van der Waals surface area contributed by atoms with Gasteiger partial charge in [0.1, 0.15) is 24.8 Å². The molecule has 0 N–H and O–H groups in total. The van der Waals surface area contributed by atoms with Crippen LogP contribution in [0.4, 0.5) is 5.82 Å². The fourth-order valence-electron chi connectivity index (χ4n) is 2.91. The number of sulfonamides is 1. The Kier molecular flexibility index (Phi) is 5.19. The summed E-state index contributed by atoms with van der Waals surface area (Å²) in [4.78, 5) is 14.5. The summed E-state index contributed by atoms with van der Waals surface area (Å²) in [5.74, 6) is 1.29. The fourth-order valence-corrected chi connectivity index (χ4v) is 4.72. The van der Waals surface area contributed by atoms with E-state index in [2.05, 4.69) is 20.1 Å². The Morgan fingerprint density at radius 3 is 2.32 bits per heavy atom. The molecule has 0 bridgehead atoms. The van der Waals surface area contributed by atoms with Crippen molar-refractivity contribution < 1.29 is 8.42 Å².